The van der Waals surface area contributed by atoms with Crippen LogP contribution in [0.1, 0.15) is 6.42 Å². The van der Waals surface area contributed by atoms with Gasteiger partial charge in [-0.2, -0.15) is 0 Å². The molecular weight excluding hydrogens is 212 g/mol. The van der Waals surface area contributed by atoms with Crippen LogP contribution < -0.4 is 0 Å². The van der Waals surface area contributed by atoms with E-state index in [0.29, 0.717) is 26.1 Å². The Bertz CT molecular complexity index is 344. The second-order valence-corrected chi connectivity index (χ2v) is 4.15. The van der Waals surface area contributed by atoms with E-state index >= 15 is 0 Å². The first kappa shape index (κ1) is 10.9. The van der Waals surface area contributed by atoms with E-state index < -0.39 is 11.7 Å². The molecule has 0 aromatic heterocycles. The van der Waals surface area contributed by atoms with Crippen LogP contribution in [0.2, 0.25) is 0 Å². The third-order valence-corrected chi connectivity index (χ3v) is 3.08. The van der Waals surface area contributed by atoms with E-state index in [2.05, 4.69) is 6.58 Å². The van der Waals surface area contributed by atoms with E-state index in [0.717, 1.165) is 0 Å². The maximum atomic E-state index is 11.4. The van der Waals surface area contributed by atoms with Crippen molar-refractivity contribution >= 4 is 12.0 Å². The number of rotatable bonds is 1. The van der Waals surface area contributed by atoms with Gasteiger partial charge in [0.2, 0.25) is 5.91 Å². The summed E-state index contributed by atoms with van der Waals surface area (Å²) in [6, 6.07) is 0. The topological polar surface area (TPSA) is 70.1 Å². The summed E-state index contributed by atoms with van der Waals surface area (Å²) in [4.78, 5) is 25.0. The van der Waals surface area contributed by atoms with E-state index in [9.17, 15) is 9.59 Å². The highest BCUT2D eigenvalue weighted by molar-refractivity contribution is 5.87. The van der Waals surface area contributed by atoms with E-state index in [1.54, 1.807) is 4.90 Å². The lowest BCUT2D eigenvalue weighted by atomic mass is 10.0. The molecule has 0 saturated carbocycles. The van der Waals surface area contributed by atoms with Crippen LogP contribution in [0.4, 0.5) is 4.79 Å². The fourth-order valence-electron chi connectivity index (χ4n) is 2.18. The van der Waals surface area contributed by atoms with Crippen molar-refractivity contribution in [3.63, 3.8) is 0 Å². The Kier molecular flexibility index (Phi) is 2.59. The number of amides is 2. The Morgan fingerprint density at radius 3 is 2.62 bits per heavy atom. The lowest BCUT2D eigenvalue weighted by molar-refractivity contribution is -0.126. The van der Waals surface area contributed by atoms with Gasteiger partial charge in [-0.05, 0) is 12.5 Å². The fraction of sp³-hybridized carbons (Fsp3) is 0.600. The normalized spacial score (nSPS) is 28.8. The predicted octanol–water partition coefficient (Wildman–Crippen LogP) is 0.111. The van der Waals surface area contributed by atoms with E-state index in [1.807, 2.05) is 0 Å². The molecule has 2 fully saturated rings. The fourth-order valence-corrected chi connectivity index (χ4v) is 2.18. The summed E-state index contributed by atoms with van der Waals surface area (Å²) in [6.07, 6.45) is 0.945. The first-order valence-electron chi connectivity index (χ1n) is 5.09. The lowest BCUT2D eigenvalue weighted by Crippen LogP contribution is -2.40. The molecule has 2 aliphatic rings. The van der Waals surface area contributed by atoms with Gasteiger partial charge in [-0.3, -0.25) is 4.79 Å². The van der Waals surface area contributed by atoms with Crippen LogP contribution in [-0.2, 0) is 9.53 Å². The van der Waals surface area contributed by atoms with Gasteiger partial charge in [0.05, 0.1) is 13.1 Å². The number of carboxylic acid groups (broad SMARTS) is 1. The highest BCUT2D eigenvalue weighted by Crippen LogP contribution is 2.31. The van der Waals surface area contributed by atoms with E-state index in [4.69, 9.17) is 9.84 Å². The highest BCUT2D eigenvalue weighted by atomic mass is 16.5. The molecule has 2 heterocycles. The molecule has 16 heavy (non-hydrogen) atoms. The van der Waals surface area contributed by atoms with Crippen molar-refractivity contribution in [1.82, 2.24) is 9.80 Å². The van der Waals surface area contributed by atoms with E-state index in [1.165, 1.54) is 11.0 Å². The van der Waals surface area contributed by atoms with Gasteiger partial charge in [-0.1, -0.05) is 6.58 Å². The molecule has 0 aromatic carbocycles. The largest absolute Gasteiger partial charge is 0.465 e. The molecule has 6 heteroatoms. The van der Waals surface area contributed by atoms with Crippen molar-refractivity contribution in [2.75, 3.05) is 26.4 Å². The molecule has 0 bridgehead atoms. The van der Waals surface area contributed by atoms with Crippen molar-refractivity contribution in [3.8, 4) is 0 Å². The average Bonchev–Trinajstić information content (AvgIpc) is 2.86. The summed E-state index contributed by atoms with van der Waals surface area (Å²) < 4.78 is 5.57. The maximum Gasteiger partial charge on any atom is 0.407 e. The van der Waals surface area contributed by atoms with Crippen molar-refractivity contribution in [1.29, 1.82) is 0 Å². The monoisotopic (exact) mass is 226 g/mol. The van der Waals surface area contributed by atoms with Crippen LogP contribution >= 0.6 is 0 Å². The Labute approximate surface area is 93.1 Å². The minimum absolute atomic E-state index is 0.175. The minimum atomic E-state index is -0.936. The van der Waals surface area contributed by atoms with Crippen LogP contribution in [0, 0.1) is 0 Å². The zero-order chi connectivity index (χ0) is 11.8. The van der Waals surface area contributed by atoms with Gasteiger partial charge in [0.1, 0.15) is 12.3 Å². The number of hydrogen-bond donors (Lipinski definition) is 1. The SMILES string of the molecule is C=CC(=O)N1COC2(CCN(C(=O)O)C2)C1. The van der Waals surface area contributed by atoms with Crippen LogP contribution in [0.25, 0.3) is 0 Å². The Hall–Kier alpha value is -1.56. The van der Waals surface area contributed by atoms with Crippen LogP contribution in [0.5, 0.6) is 0 Å². The van der Waals surface area contributed by atoms with Gasteiger partial charge in [0, 0.05) is 6.54 Å². The zero-order valence-corrected chi connectivity index (χ0v) is 8.89. The van der Waals surface area contributed by atoms with Gasteiger partial charge in [0.15, 0.2) is 0 Å². The summed E-state index contributed by atoms with van der Waals surface area (Å²) in [5.41, 5.74) is -0.503. The molecule has 2 saturated heterocycles. The van der Waals surface area contributed by atoms with Crippen LogP contribution in [0.15, 0.2) is 12.7 Å². The summed E-state index contributed by atoms with van der Waals surface area (Å²) >= 11 is 0. The molecule has 6 nitrogen and oxygen atoms in total. The molecule has 2 aliphatic heterocycles. The maximum absolute atomic E-state index is 11.4. The molecule has 0 radical (unpaired) electrons. The first-order chi connectivity index (χ1) is 7.56. The molecule has 1 unspecified atom stereocenters. The van der Waals surface area contributed by atoms with Crippen molar-refractivity contribution in [2.45, 2.75) is 12.0 Å². The summed E-state index contributed by atoms with van der Waals surface area (Å²) in [6.45, 7) is 4.88. The quantitative estimate of drug-likeness (QED) is 0.644. The number of likely N-dealkylation sites (tertiary alicyclic amines) is 1. The van der Waals surface area contributed by atoms with Gasteiger partial charge < -0.3 is 19.6 Å². The molecule has 2 amide bonds. The summed E-state index contributed by atoms with van der Waals surface area (Å²) in [5, 5.41) is 8.85. The summed E-state index contributed by atoms with van der Waals surface area (Å²) in [5.74, 6) is -0.175. The zero-order valence-electron chi connectivity index (χ0n) is 8.89. The molecule has 1 N–H and O–H groups in total. The van der Waals surface area contributed by atoms with Crippen molar-refractivity contribution in [2.24, 2.45) is 0 Å². The third kappa shape index (κ3) is 1.76. The number of ether oxygens (including phenoxy) is 1. The lowest BCUT2D eigenvalue weighted by Gasteiger charge is -2.21. The molecule has 0 aliphatic carbocycles. The molecule has 88 valence electrons. The number of carbonyl (C=O) groups is 2. The minimum Gasteiger partial charge on any atom is -0.465 e. The Morgan fingerprint density at radius 1 is 1.38 bits per heavy atom. The molecular formula is C10H14N2O4. The smallest absolute Gasteiger partial charge is 0.407 e. The van der Waals surface area contributed by atoms with Gasteiger partial charge in [-0.15, -0.1) is 0 Å². The van der Waals surface area contributed by atoms with Crippen molar-refractivity contribution < 1.29 is 19.4 Å². The number of carbonyl (C=O) groups excluding carboxylic acids is 1. The second-order valence-electron chi connectivity index (χ2n) is 4.15. The van der Waals surface area contributed by atoms with Crippen LogP contribution in [0.3, 0.4) is 0 Å². The Morgan fingerprint density at radius 2 is 2.06 bits per heavy atom. The van der Waals surface area contributed by atoms with Gasteiger partial charge >= 0.3 is 6.09 Å². The van der Waals surface area contributed by atoms with E-state index in [-0.39, 0.29) is 12.6 Å². The summed E-state index contributed by atoms with van der Waals surface area (Å²) in [7, 11) is 0. The second kappa shape index (κ2) is 3.79. The molecule has 1 atom stereocenters. The predicted molar refractivity (Wildman–Crippen MR) is 54.8 cm³/mol. The number of hydrogen-bond acceptors (Lipinski definition) is 3. The number of nitrogens with zero attached hydrogens (tertiary/aromatic N) is 2. The average molecular weight is 226 g/mol. The molecule has 2 rings (SSSR count). The Balaban J connectivity index is 2.00. The molecule has 1 spiro atoms. The van der Waals surface area contributed by atoms with Gasteiger partial charge in [-0.25, -0.2) is 4.79 Å². The molecule has 0 aromatic rings. The highest BCUT2D eigenvalue weighted by Gasteiger charge is 2.47. The van der Waals surface area contributed by atoms with Gasteiger partial charge in [0.25, 0.3) is 0 Å². The van der Waals surface area contributed by atoms with Crippen molar-refractivity contribution in [3.05, 3.63) is 12.7 Å². The third-order valence-electron chi connectivity index (χ3n) is 3.08. The van der Waals surface area contributed by atoms with Crippen LogP contribution in [-0.4, -0.2) is 58.9 Å². The standard InChI is InChI=1S/C10H14N2O4/c1-2-8(13)12-6-10(16-7-12)3-4-11(5-10)9(14)15/h2H,1,3-7H2,(H,14,15). The first-order valence-corrected chi connectivity index (χ1v) is 5.09.